The summed E-state index contributed by atoms with van der Waals surface area (Å²) in [4.78, 5) is 50.0. The number of allylic oxidation sites excluding steroid dienone is 1. The Morgan fingerprint density at radius 3 is 2.36 bits per heavy atom. The van der Waals surface area contributed by atoms with Gasteiger partial charge in [-0.2, -0.15) is 0 Å². The van der Waals surface area contributed by atoms with Gasteiger partial charge in [0.2, 0.25) is 11.8 Å². The van der Waals surface area contributed by atoms with Crippen LogP contribution in [0.5, 0.6) is 0 Å². The number of aliphatic hydroxyl groups is 1. The molecule has 11 nitrogen and oxygen atoms in total. The van der Waals surface area contributed by atoms with E-state index in [0.717, 1.165) is 5.56 Å². The molecule has 39 heavy (non-hydrogen) atoms. The Hall–Kier alpha value is -3.70. The topological polar surface area (TPSA) is 152 Å². The van der Waals surface area contributed by atoms with E-state index < -0.39 is 35.5 Å². The smallest absolute Gasteiger partial charge is 0.408 e. The maximum Gasteiger partial charge on any atom is 0.408 e. The van der Waals surface area contributed by atoms with Gasteiger partial charge in [-0.3, -0.25) is 9.59 Å². The molecule has 1 rings (SSSR count). The fourth-order valence-electron chi connectivity index (χ4n) is 3.32. The molecule has 2 atom stereocenters. The SMILES string of the molecule is C=CC[C@@H](CC(=O)NCCOCCO)C(=O)NC(C)(C)COC(=O)[C@@H](CC=C)NC(=O)OCc1ccccc1. The molecule has 0 heterocycles. The summed E-state index contributed by atoms with van der Waals surface area (Å²) in [5, 5.41) is 16.6. The maximum absolute atomic E-state index is 12.9. The highest BCUT2D eigenvalue weighted by atomic mass is 16.6. The van der Waals surface area contributed by atoms with Crippen LogP contribution in [-0.4, -0.2) is 73.5 Å². The first-order valence-electron chi connectivity index (χ1n) is 12.7. The van der Waals surface area contributed by atoms with Crippen LogP contribution in [0.2, 0.25) is 0 Å². The summed E-state index contributed by atoms with van der Waals surface area (Å²) in [6.45, 7) is 11.0. The largest absolute Gasteiger partial charge is 0.462 e. The van der Waals surface area contributed by atoms with Gasteiger partial charge in [0.05, 0.1) is 31.3 Å². The van der Waals surface area contributed by atoms with Gasteiger partial charge in [0.25, 0.3) is 0 Å². The molecule has 0 radical (unpaired) electrons. The number of hydrogen-bond acceptors (Lipinski definition) is 8. The van der Waals surface area contributed by atoms with Crippen molar-refractivity contribution in [2.75, 3.05) is 33.0 Å². The molecule has 1 aromatic carbocycles. The second kappa shape index (κ2) is 18.5. The Bertz CT molecular complexity index is 936. The highest BCUT2D eigenvalue weighted by Crippen LogP contribution is 2.14. The van der Waals surface area contributed by atoms with E-state index in [1.165, 1.54) is 6.08 Å². The van der Waals surface area contributed by atoms with Crippen LogP contribution >= 0.6 is 0 Å². The lowest BCUT2D eigenvalue weighted by molar-refractivity contribution is -0.149. The summed E-state index contributed by atoms with van der Waals surface area (Å²) in [7, 11) is 0. The average molecular weight is 548 g/mol. The van der Waals surface area contributed by atoms with Crippen LogP contribution in [0.3, 0.4) is 0 Å². The first-order valence-corrected chi connectivity index (χ1v) is 12.7. The second-order valence-corrected chi connectivity index (χ2v) is 9.38. The number of esters is 1. The summed E-state index contributed by atoms with van der Waals surface area (Å²) in [5.74, 6) is -2.11. The first kappa shape index (κ1) is 33.3. The zero-order valence-corrected chi connectivity index (χ0v) is 22.8. The number of hydrogen-bond donors (Lipinski definition) is 4. The van der Waals surface area contributed by atoms with Crippen LogP contribution in [0.15, 0.2) is 55.6 Å². The van der Waals surface area contributed by atoms with Crippen molar-refractivity contribution < 1.29 is 38.5 Å². The number of rotatable bonds is 19. The van der Waals surface area contributed by atoms with E-state index in [-0.39, 0.29) is 64.7 Å². The van der Waals surface area contributed by atoms with Crippen molar-refractivity contribution in [2.45, 2.75) is 51.3 Å². The number of carbonyl (C=O) groups excluding carboxylic acids is 4. The van der Waals surface area contributed by atoms with Gasteiger partial charge in [-0.1, -0.05) is 42.5 Å². The monoisotopic (exact) mass is 547 g/mol. The minimum absolute atomic E-state index is 0.0446. The van der Waals surface area contributed by atoms with E-state index in [1.807, 2.05) is 18.2 Å². The van der Waals surface area contributed by atoms with E-state index in [0.29, 0.717) is 0 Å². The number of carbonyl (C=O) groups is 4. The van der Waals surface area contributed by atoms with Gasteiger partial charge >= 0.3 is 12.1 Å². The third-order valence-electron chi connectivity index (χ3n) is 5.29. The number of ether oxygens (including phenoxy) is 3. The zero-order chi connectivity index (χ0) is 29.1. The molecule has 0 spiro atoms. The molecule has 11 heteroatoms. The third-order valence-corrected chi connectivity index (χ3v) is 5.29. The molecule has 0 saturated heterocycles. The predicted molar refractivity (Wildman–Crippen MR) is 145 cm³/mol. The van der Waals surface area contributed by atoms with Crippen molar-refractivity contribution in [1.29, 1.82) is 0 Å². The van der Waals surface area contributed by atoms with Gasteiger partial charge in [-0.25, -0.2) is 9.59 Å². The van der Waals surface area contributed by atoms with Crippen LogP contribution < -0.4 is 16.0 Å². The van der Waals surface area contributed by atoms with Crippen LogP contribution in [0.1, 0.15) is 38.7 Å². The average Bonchev–Trinajstić information content (AvgIpc) is 2.90. The van der Waals surface area contributed by atoms with Crippen LogP contribution in [0.25, 0.3) is 0 Å². The van der Waals surface area contributed by atoms with Gasteiger partial charge < -0.3 is 35.3 Å². The molecular weight excluding hydrogens is 506 g/mol. The molecule has 0 aliphatic carbocycles. The lowest BCUT2D eigenvalue weighted by Gasteiger charge is -2.29. The molecule has 216 valence electrons. The summed E-state index contributed by atoms with van der Waals surface area (Å²) < 4.78 is 15.6. The number of alkyl carbamates (subject to hydrolysis) is 1. The third kappa shape index (κ3) is 14.7. The Morgan fingerprint density at radius 1 is 1.03 bits per heavy atom. The second-order valence-electron chi connectivity index (χ2n) is 9.38. The zero-order valence-electron chi connectivity index (χ0n) is 22.8. The van der Waals surface area contributed by atoms with Crippen molar-refractivity contribution in [3.63, 3.8) is 0 Å². The number of nitrogens with one attached hydrogen (secondary N) is 3. The molecular formula is C28H41N3O8. The number of amides is 3. The standard InChI is InChI=1S/C28H41N3O8/c1-5-10-22(18-24(33)29-14-16-37-17-15-32)25(34)31-28(3,4)20-39-26(35)23(11-6-2)30-27(36)38-19-21-12-8-7-9-13-21/h5-9,12-13,22-23,32H,1-2,10-11,14-20H2,3-4H3,(H,29,33)(H,30,36)(H,31,34)/t22-,23+/m0/s1. The quantitative estimate of drug-likeness (QED) is 0.117. The summed E-state index contributed by atoms with van der Waals surface area (Å²) in [5.41, 5.74) is -0.167. The van der Waals surface area contributed by atoms with Crippen LogP contribution in [-0.2, 0) is 35.2 Å². The summed E-state index contributed by atoms with van der Waals surface area (Å²) >= 11 is 0. The molecule has 0 aliphatic rings. The molecule has 4 N–H and O–H groups in total. The predicted octanol–water partition coefficient (Wildman–Crippen LogP) is 2.00. The minimum Gasteiger partial charge on any atom is -0.462 e. The molecule has 0 fully saturated rings. The minimum atomic E-state index is -1.02. The molecule has 0 aromatic heterocycles. The highest BCUT2D eigenvalue weighted by Gasteiger charge is 2.30. The van der Waals surface area contributed by atoms with Crippen LogP contribution in [0.4, 0.5) is 4.79 Å². The lowest BCUT2D eigenvalue weighted by atomic mass is 9.97. The Balaban J connectivity index is 2.58. The normalized spacial score (nSPS) is 12.4. The van der Waals surface area contributed by atoms with E-state index >= 15 is 0 Å². The Labute approximate surface area is 230 Å². The van der Waals surface area contributed by atoms with E-state index in [4.69, 9.17) is 19.3 Å². The molecule has 0 unspecified atom stereocenters. The van der Waals surface area contributed by atoms with Crippen LogP contribution in [0, 0.1) is 5.92 Å². The molecule has 1 aromatic rings. The summed E-state index contributed by atoms with van der Waals surface area (Å²) in [6.07, 6.45) is 2.57. The fraction of sp³-hybridized carbons (Fsp3) is 0.500. The van der Waals surface area contributed by atoms with Crippen molar-refractivity contribution >= 4 is 23.9 Å². The lowest BCUT2D eigenvalue weighted by Crippen LogP contribution is -2.51. The van der Waals surface area contributed by atoms with Crippen molar-refractivity contribution in [1.82, 2.24) is 16.0 Å². The Morgan fingerprint density at radius 2 is 1.72 bits per heavy atom. The first-order chi connectivity index (χ1) is 18.6. The molecule has 0 saturated carbocycles. The van der Waals surface area contributed by atoms with E-state index in [2.05, 4.69) is 29.1 Å². The van der Waals surface area contributed by atoms with Crippen molar-refractivity contribution in [3.05, 3.63) is 61.2 Å². The Kier molecular flexibility index (Phi) is 15.8. The maximum atomic E-state index is 12.9. The van der Waals surface area contributed by atoms with E-state index in [1.54, 1.807) is 32.1 Å². The fourth-order valence-corrected chi connectivity index (χ4v) is 3.32. The van der Waals surface area contributed by atoms with Crippen molar-refractivity contribution in [3.8, 4) is 0 Å². The molecule has 0 bridgehead atoms. The summed E-state index contributed by atoms with van der Waals surface area (Å²) in [6, 6.07) is 8.08. The highest BCUT2D eigenvalue weighted by molar-refractivity contribution is 5.86. The molecule has 3 amide bonds. The van der Waals surface area contributed by atoms with Gasteiger partial charge in [0.1, 0.15) is 19.3 Å². The number of benzene rings is 1. The molecule has 0 aliphatic heterocycles. The van der Waals surface area contributed by atoms with E-state index in [9.17, 15) is 19.2 Å². The van der Waals surface area contributed by atoms with Crippen molar-refractivity contribution in [2.24, 2.45) is 5.92 Å². The number of aliphatic hydroxyl groups excluding tert-OH is 1. The van der Waals surface area contributed by atoms with Gasteiger partial charge in [-0.05, 0) is 32.3 Å². The van der Waals surface area contributed by atoms with Gasteiger partial charge in [0, 0.05) is 13.0 Å². The van der Waals surface area contributed by atoms with Gasteiger partial charge in [-0.15, -0.1) is 13.2 Å². The van der Waals surface area contributed by atoms with Gasteiger partial charge in [0.15, 0.2) is 0 Å².